The molecule has 0 amide bonds. The smallest absolute Gasteiger partial charge is 0.0729 e. The second kappa shape index (κ2) is 5.04. The maximum Gasteiger partial charge on any atom is 0.0729 e. The SMILES string of the molecule is CC(C)(C)C1CCC2OCC3(CCCCC3)NC2C1. The van der Waals surface area contributed by atoms with Crippen molar-refractivity contribution in [2.75, 3.05) is 6.61 Å². The highest BCUT2D eigenvalue weighted by molar-refractivity contribution is 5.01. The van der Waals surface area contributed by atoms with Crippen LogP contribution in [0.1, 0.15) is 72.1 Å². The third kappa shape index (κ3) is 2.85. The molecule has 1 aliphatic heterocycles. The fraction of sp³-hybridized carbons (Fsp3) is 1.00. The maximum absolute atomic E-state index is 6.27. The molecule has 3 rings (SSSR count). The molecular weight excluding hydrogens is 234 g/mol. The van der Waals surface area contributed by atoms with Crippen molar-refractivity contribution in [3.05, 3.63) is 0 Å². The van der Waals surface area contributed by atoms with Crippen LogP contribution in [0, 0.1) is 11.3 Å². The lowest BCUT2D eigenvalue weighted by Crippen LogP contribution is -2.64. The number of fused-ring (bicyclic) bond motifs is 1. The normalized spacial score (nSPS) is 39.0. The Morgan fingerprint density at radius 3 is 2.47 bits per heavy atom. The van der Waals surface area contributed by atoms with Crippen LogP contribution >= 0.6 is 0 Å². The molecule has 19 heavy (non-hydrogen) atoms. The fourth-order valence-corrected chi connectivity index (χ4v) is 4.50. The quantitative estimate of drug-likeness (QED) is 0.717. The maximum atomic E-state index is 6.27. The standard InChI is InChI=1S/C17H31NO/c1-16(2,3)13-7-8-15-14(11-13)18-17(12-19-15)9-5-4-6-10-17/h13-15,18H,4-12H2,1-3H3. The van der Waals surface area contributed by atoms with Crippen molar-refractivity contribution < 1.29 is 4.74 Å². The zero-order chi connectivity index (χ0) is 13.5. The predicted octanol–water partition coefficient (Wildman–Crippen LogP) is 3.89. The average Bonchev–Trinajstić information content (AvgIpc) is 2.38. The van der Waals surface area contributed by atoms with Crippen LogP contribution in [0.5, 0.6) is 0 Å². The van der Waals surface area contributed by atoms with E-state index in [1.165, 1.54) is 51.4 Å². The van der Waals surface area contributed by atoms with Crippen molar-refractivity contribution in [1.82, 2.24) is 5.32 Å². The largest absolute Gasteiger partial charge is 0.375 e. The van der Waals surface area contributed by atoms with Gasteiger partial charge in [0.2, 0.25) is 0 Å². The van der Waals surface area contributed by atoms with Crippen LogP contribution in [0.3, 0.4) is 0 Å². The first-order valence-corrected chi connectivity index (χ1v) is 8.38. The van der Waals surface area contributed by atoms with Gasteiger partial charge >= 0.3 is 0 Å². The van der Waals surface area contributed by atoms with Gasteiger partial charge in [-0.3, -0.25) is 0 Å². The summed E-state index contributed by atoms with van der Waals surface area (Å²) in [6.07, 6.45) is 11.3. The van der Waals surface area contributed by atoms with Crippen molar-refractivity contribution in [2.45, 2.75) is 89.8 Å². The van der Waals surface area contributed by atoms with Crippen LogP contribution in [0.2, 0.25) is 0 Å². The molecule has 0 radical (unpaired) electrons. The van der Waals surface area contributed by atoms with Crippen molar-refractivity contribution in [1.29, 1.82) is 0 Å². The van der Waals surface area contributed by atoms with E-state index in [-0.39, 0.29) is 0 Å². The van der Waals surface area contributed by atoms with Gasteiger partial charge in [-0.2, -0.15) is 0 Å². The molecule has 2 saturated carbocycles. The molecule has 0 aromatic rings. The Labute approximate surface area is 118 Å². The Morgan fingerprint density at radius 1 is 1.05 bits per heavy atom. The Balaban J connectivity index is 1.67. The molecular formula is C17H31NO. The minimum Gasteiger partial charge on any atom is -0.375 e. The van der Waals surface area contributed by atoms with Crippen molar-refractivity contribution in [3.63, 3.8) is 0 Å². The molecule has 1 heterocycles. The van der Waals surface area contributed by atoms with Crippen LogP contribution in [0.15, 0.2) is 0 Å². The third-order valence-corrected chi connectivity index (χ3v) is 5.89. The predicted molar refractivity (Wildman–Crippen MR) is 79.3 cm³/mol. The van der Waals surface area contributed by atoms with Gasteiger partial charge < -0.3 is 10.1 Å². The van der Waals surface area contributed by atoms with Gasteiger partial charge in [-0.1, -0.05) is 40.0 Å². The molecule has 110 valence electrons. The molecule has 2 nitrogen and oxygen atoms in total. The van der Waals surface area contributed by atoms with Crippen LogP contribution in [-0.2, 0) is 4.74 Å². The highest BCUT2D eigenvalue weighted by atomic mass is 16.5. The average molecular weight is 265 g/mol. The minimum absolute atomic E-state index is 0.333. The van der Waals surface area contributed by atoms with Gasteiger partial charge in [0.05, 0.1) is 12.7 Å². The number of ether oxygens (including phenoxy) is 1. The van der Waals surface area contributed by atoms with E-state index in [0.29, 0.717) is 23.1 Å². The molecule has 1 N–H and O–H groups in total. The Bertz CT molecular complexity index is 314. The summed E-state index contributed by atoms with van der Waals surface area (Å²) in [5.41, 5.74) is 0.781. The molecule has 0 aromatic carbocycles. The van der Waals surface area contributed by atoms with E-state index in [1.807, 2.05) is 0 Å². The van der Waals surface area contributed by atoms with Gasteiger partial charge in [-0.25, -0.2) is 0 Å². The summed E-state index contributed by atoms with van der Waals surface area (Å²) in [6.45, 7) is 8.17. The Hall–Kier alpha value is -0.0800. The molecule has 3 fully saturated rings. The first-order valence-electron chi connectivity index (χ1n) is 8.38. The number of hydrogen-bond donors (Lipinski definition) is 1. The molecule has 3 unspecified atom stereocenters. The van der Waals surface area contributed by atoms with Crippen LogP contribution in [-0.4, -0.2) is 24.3 Å². The van der Waals surface area contributed by atoms with Gasteiger partial charge in [-0.05, 0) is 43.4 Å². The van der Waals surface area contributed by atoms with E-state index in [4.69, 9.17) is 4.74 Å². The summed E-state index contributed by atoms with van der Waals surface area (Å²) < 4.78 is 6.27. The van der Waals surface area contributed by atoms with Crippen molar-refractivity contribution in [2.24, 2.45) is 11.3 Å². The summed E-state index contributed by atoms with van der Waals surface area (Å²) in [4.78, 5) is 0. The third-order valence-electron chi connectivity index (χ3n) is 5.89. The fourth-order valence-electron chi connectivity index (χ4n) is 4.50. The highest BCUT2D eigenvalue weighted by Gasteiger charge is 2.45. The molecule has 2 aliphatic carbocycles. The molecule has 1 saturated heterocycles. The number of hydrogen-bond acceptors (Lipinski definition) is 2. The number of nitrogens with one attached hydrogen (secondary N) is 1. The second-order valence-corrected chi connectivity index (χ2v) is 8.32. The first-order chi connectivity index (χ1) is 8.99. The minimum atomic E-state index is 0.333. The van der Waals surface area contributed by atoms with Gasteiger partial charge in [0.1, 0.15) is 0 Å². The van der Waals surface area contributed by atoms with E-state index < -0.39 is 0 Å². The molecule has 1 spiro atoms. The molecule has 3 atom stereocenters. The van der Waals surface area contributed by atoms with Gasteiger partial charge in [0, 0.05) is 11.6 Å². The van der Waals surface area contributed by atoms with Crippen LogP contribution in [0.4, 0.5) is 0 Å². The van der Waals surface area contributed by atoms with Crippen molar-refractivity contribution in [3.8, 4) is 0 Å². The second-order valence-electron chi connectivity index (χ2n) is 8.32. The van der Waals surface area contributed by atoms with Gasteiger partial charge in [-0.15, -0.1) is 0 Å². The Morgan fingerprint density at radius 2 is 1.79 bits per heavy atom. The van der Waals surface area contributed by atoms with Gasteiger partial charge in [0.25, 0.3) is 0 Å². The molecule has 3 aliphatic rings. The first kappa shape index (κ1) is 13.9. The van der Waals surface area contributed by atoms with Crippen molar-refractivity contribution >= 4 is 0 Å². The highest BCUT2D eigenvalue weighted by Crippen LogP contribution is 2.42. The summed E-state index contributed by atoms with van der Waals surface area (Å²) in [6, 6.07) is 0.616. The zero-order valence-electron chi connectivity index (χ0n) is 13.0. The lowest BCUT2D eigenvalue weighted by molar-refractivity contribution is -0.101. The summed E-state index contributed by atoms with van der Waals surface area (Å²) in [7, 11) is 0. The molecule has 0 aromatic heterocycles. The van der Waals surface area contributed by atoms with Crippen LogP contribution < -0.4 is 5.32 Å². The van der Waals surface area contributed by atoms with E-state index in [1.54, 1.807) is 0 Å². The summed E-state index contributed by atoms with van der Waals surface area (Å²) in [5.74, 6) is 0.851. The topological polar surface area (TPSA) is 21.3 Å². The van der Waals surface area contributed by atoms with Crippen LogP contribution in [0.25, 0.3) is 0 Å². The Kier molecular flexibility index (Phi) is 3.68. The molecule has 2 heteroatoms. The monoisotopic (exact) mass is 265 g/mol. The lowest BCUT2D eigenvalue weighted by atomic mass is 9.68. The number of rotatable bonds is 0. The number of morpholine rings is 1. The summed E-state index contributed by atoms with van der Waals surface area (Å²) >= 11 is 0. The lowest BCUT2D eigenvalue weighted by Gasteiger charge is -2.52. The zero-order valence-corrected chi connectivity index (χ0v) is 13.0. The molecule has 0 bridgehead atoms. The summed E-state index contributed by atoms with van der Waals surface area (Å²) in [5, 5.41) is 4.05. The van der Waals surface area contributed by atoms with Gasteiger partial charge in [0.15, 0.2) is 0 Å². The van der Waals surface area contributed by atoms with E-state index in [0.717, 1.165) is 12.5 Å². The van der Waals surface area contributed by atoms with E-state index in [9.17, 15) is 0 Å². The van der Waals surface area contributed by atoms with E-state index >= 15 is 0 Å². The van der Waals surface area contributed by atoms with E-state index in [2.05, 4.69) is 26.1 Å².